The number of benzene rings is 2. The quantitative estimate of drug-likeness (QED) is 0.589. The van der Waals surface area contributed by atoms with Gasteiger partial charge < -0.3 is 5.11 Å². The average molecular weight is 393 g/mol. The number of carbonyl (C=O) groups is 1. The van der Waals surface area contributed by atoms with E-state index in [4.69, 9.17) is 11.6 Å². The van der Waals surface area contributed by atoms with Crippen LogP contribution in [0, 0.1) is 17.3 Å². The number of hydrogen-bond donors (Lipinski definition) is 1. The predicted octanol–water partition coefficient (Wildman–Crippen LogP) is 6.16. The Balaban J connectivity index is 1.48. The Morgan fingerprint density at radius 2 is 1.93 bits per heavy atom. The van der Waals surface area contributed by atoms with Crippen molar-refractivity contribution in [2.24, 2.45) is 17.3 Å². The van der Waals surface area contributed by atoms with Gasteiger partial charge in [-0.1, -0.05) is 36.7 Å². The zero-order valence-corrected chi connectivity index (χ0v) is 16.9. The number of ketones is 1. The standard InChI is InChI=1S/C25H25ClO2/c1-25-11-10-21-20-9-7-19(27)13-16(20)4-8-22(21)23(25)14-17(24(25)28)12-15-2-5-18(26)6-3-15/h2-3,5-7,9,12-13,21-23,27H,4,8,10-11,14H2,1H3/b17-12+/t21-,22-,23-,25-/m0/s1. The zero-order valence-electron chi connectivity index (χ0n) is 16.1. The van der Waals surface area contributed by atoms with E-state index in [9.17, 15) is 9.90 Å². The number of phenols is 1. The van der Waals surface area contributed by atoms with Crippen molar-refractivity contribution in [2.45, 2.75) is 44.9 Å². The van der Waals surface area contributed by atoms with Crippen molar-refractivity contribution in [1.29, 1.82) is 0 Å². The molecule has 2 nitrogen and oxygen atoms in total. The van der Waals surface area contributed by atoms with E-state index in [2.05, 4.69) is 19.1 Å². The summed E-state index contributed by atoms with van der Waals surface area (Å²) in [4.78, 5) is 13.4. The van der Waals surface area contributed by atoms with Gasteiger partial charge in [0.2, 0.25) is 0 Å². The fraction of sp³-hybridized carbons (Fsp3) is 0.400. The first kappa shape index (κ1) is 18.0. The van der Waals surface area contributed by atoms with Crippen LogP contribution in [0.4, 0.5) is 0 Å². The van der Waals surface area contributed by atoms with Gasteiger partial charge in [-0.3, -0.25) is 4.79 Å². The van der Waals surface area contributed by atoms with Gasteiger partial charge in [-0.25, -0.2) is 0 Å². The second kappa shape index (κ2) is 6.49. The number of hydrogen-bond acceptors (Lipinski definition) is 2. The van der Waals surface area contributed by atoms with Gasteiger partial charge in [0, 0.05) is 10.4 Å². The molecule has 3 aliphatic carbocycles. The lowest BCUT2D eigenvalue weighted by Crippen LogP contribution is -2.42. The third kappa shape index (κ3) is 2.73. The van der Waals surface area contributed by atoms with E-state index in [1.54, 1.807) is 0 Å². The first-order valence-corrected chi connectivity index (χ1v) is 10.7. The summed E-state index contributed by atoms with van der Waals surface area (Å²) in [5, 5.41) is 10.6. The Morgan fingerprint density at radius 3 is 2.71 bits per heavy atom. The van der Waals surface area contributed by atoms with E-state index in [0.717, 1.165) is 48.3 Å². The van der Waals surface area contributed by atoms with Crippen molar-refractivity contribution < 1.29 is 9.90 Å². The lowest BCUT2D eigenvalue weighted by atomic mass is 9.55. The molecule has 0 unspecified atom stereocenters. The SMILES string of the molecule is C[C@]12CC[C@H]3c4ccc(O)cc4CC[C@@H]3[C@@H]1C/C(=C\c1ccc(Cl)cc1)C2=O. The van der Waals surface area contributed by atoms with Crippen LogP contribution in [0.2, 0.25) is 5.02 Å². The van der Waals surface area contributed by atoms with Crippen LogP contribution in [0.5, 0.6) is 5.75 Å². The molecule has 0 aromatic heterocycles. The smallest absolute Gasteiger partial charge is 0.165 e. The summed E-state index contributed by atoms with van der Waals surface area (Å²) in [6.45, 7) is 2.20. The summed E-state index contributed by atoms with van der Waals surface area (Å²) in [6.07, 6.45) is 7.09. The summed E-state index contributed by atoms with van der Waals surface area (Å²) in [5.41, 5.74) is 4.50. The van der Waals surface area contributed by atoms with Crippen molar-refractivity contribution in [3.8, 4) is 5.75 Å². The maximum Gasteiger partial charge on any atom is 0.165 e. The number of carbonyl (C=O) groups excluding carboxylic acids is 1. The largest absolute Gasteiger partial charge is 0.508 e. The predicted molar refractivity (Wildman–Crippen MR) is 113 cm³/mol. The van der Waals surface area contributed by atoms with Gasteiger partial charge >= 0.3 is 0 Å². The van der Waals surface area contributed by atoms with Crippen molar-refractivity contribution in [2.75, 3.05) is 0 Å². The fourth-order valence-electron chi connectivity index (χ4n) is 6.13. The monoisotopic (exact) mass is 392 g/mol. The van der Waals surface area contributed by atoms with Gasteiger partial charge in [-0.15, -0.1) is 0 Å². The summed E-state index contributed by atoms with van der Waals surface area (Å²) < 4.78 is 0. The second-order valence-corrected chi connectivity index (χ2v) is 9.45. The van der Waals surface area contributed by atoms with E-state index in [1.807, 2.05) is 36.4 Å². The Bertz CT molecular complexity index is 975. The van der Waals surface area contributed by atoms with Crippen LogP contribution in [0.1, 0.15) is 55.2 Å². The van der Waals surface area contributed by atoms with E-state index < -0.39 is 0 Å². The molecule has 4 atom stereocenters. The highest BCUT2D eigenvalue weighted by molar-refractivity contribution is 6.30. The first-order valence-electron chi connectivity index (χ1n) is 10.3. The van der Waals surface area contributed by atoms with Crippen molar-refractivity contribution in [1.82, 2.24) is 0 Å². The molecule has 0 saturated heterocycles. The van der Waals surface area contributed by atoms with E-state index >= 15 is 0 Å². The maximum atomic E-state index is 13.4. The third-order valence-corrected chi connectivity index (χ3v) is 7.81. The minimum absolute atomic E-state index is 0.228. The molecule has 2 aromatic rings. The molecule has 0 aliphatic heterocycles. The number of aryl methyl sites for hydroxylation is 1. The Hall–Kier alpha value is -2.06. The fourth-order valence-corrected chi connectivity index (χ4v) is 6.25. The van der Waals surface area contributed by atoms with Crippen LogP contribution >= 0.6 is 11.6 Å². The Morgan fingerprint density at radius 1 is 1.14 bits per heavy atom. The molecule has 5 rings (SSSR count). The molecule has 1 N–H and O–H groups in total. The number of allylic oxidation sites excluding steroid dienone is 1. The van der Waals surface area contributed by atoms with Gasteiger partial charge in [0.25, 0.3) is 0 Å². The molecule has 144 valence electrons. The molecule has 2 aromatic carbocycles. The van der Waals surface area contributed by atoms with E-state index in [-0.39, 0.29) is 5.41 Å². The summed E-state index contributed by atoms with van der Waals surface area (Å²) in [6, 6.07) is 13.6. The lowest BCUT2D eigenvalue weighted by molar-refractivity contribution is -0.127. The molecule has 0 heterocycles. The lowest BCUT2D eigenvalue weighted by Gasteiger charge is -2.48. The van der Waals surface area contributed by atoms with Crippen molar-refractivity contribution >= 4 is 23.5 Å². The molecule has 0 bridgehead atoms. The maximum absolute atomic E-state index is 13.4. The molecule has 28 heavy (non-hydrogen) atoms. The van der Waals surface area contributed by atoms with E-state index in [0.29, 0.717) is 29.3 Å². The number of Topliss-reactive ketones (excluding diaryl/α,β-unsaturated/α-hetero) is 1. The van der Waals surface area contributed by atoms with E-state index in [1.165, 1.54) is 11.1 Å². The van der Waals surface area contributed by atoms with Crippen molar-refractivity contribution in [3.63, 3.8) is 0 Å². The number of fused-ring (bicyclic) bond motifs is 5. The van der Waals surface area contributed by atoms with Crippen molar-refractivity contribution in [3.05, 3.63) is 69.8 Å². The average Bonchev–Trinajstić information content (AvgIpc) is 2.94. The highest BCUT2D eigenvalue weighted by Crippen LogP contribution is 2.60. The van der Waals surface area contributed by atoms with Gasteiger partial charge in [0.05, 0.1) is 0 Å². The zero-order chi connectivity index (χ0) is 19.5. The van der Waals surface area contributed by atoms with Crippen LogP contribution in [0.3, 0.4) is 0 Å². The van der Waals surface area contributed by atoms with Crippen LogP contribution < -0.4 is 0 Å². The molecule has 0 amide bonds. The summed E-state index contributed by atoms with van der Waals surface area (Å²) >= 11 is 6.00. The van der Waals surface area contributed by atoms with Crippen LogP contribution in [-0.2, 0) is 11.2 Å². The number of phenolic OH excluding ortho intramolecular Hbond substituents is 1. The molecular weight excluding hydrogens is 368 g/mol. The first-order chi connectivity index (χ1) is 13.5. The Labute approximate surface area is 171 Å². The molecule has 0 spiro atoms. The topological polar surface area (TPSA) is 37.3 Å². The molecule has 2 fully saturated rings. The number of rotatable bonds is 1. The molecule has 0 radical (unpaired) electrons. The summed E-state index contributed by atoms with van der Waals surface area (Å²) in [5.74, 6) is 2.20. The van der Waals surface area contributed by atoms with Crippen LogP contribution in [0.15, 0.2) is 48.0 Å². The normalized spacial score (nSPS) is 32.7. The molecule has 2 saturated carbocycles. The minimum Gasteiger partial charge on any atom is -0.508 e. The molecule has 3 aliphatic rings. The van der Waals surface area contributed by atoms with Gasteiger partial charge in [0.15, 0.2) is 5.78 Å². The third-order valence-electron chi connectivity index (χ3n) is 7.56. The highest BCUT2D eigenvalue weighted by Gasteiger charge is 2.56. The molecular formula is C25H25ClO2. The van der Waals surface area contributed by atoms with Gasteiger partial charge in [-0.05, 0) is 102 Å². The number of halogens is 1. The highest BCUT2D eigenvalue weighted by atomic mass is 35.5. The Kier molecular flexibility index (Phi) is 4.17. The van der Waals surface area contributed by atoms with Gasteiger partial charge in [-0.2, -0.15) is 0 Å². The number of aromatic hydroxyl groups is 1. The molecule has 3 heteroatoms. The van der Waals surface area contributed by atoms with Gasteiger partial charge in [0.1, 0.15) is 5.75 Å². The second-order valence-electron chi connectivity index (χ2n) is 9.01. The summed E-state index contributed by atoms with van der Waals surface area (Å²) in [7, 11) is 0. The minimum atomic E-state index is -0.228. The van der Waals surface area contributed by atoms with Crippen LogP contribution in [-0.4, -0.2) is 10.9 Å². The van der Waals surface area contributed by atoms with Crippen LogP contribution in [0.25, 0.3) is 6.08 Å².